The molecule has 6 atom stereocenters. The van der Waals surface area contributed by atoms with Crippen molar-refractivity contribution in [2.75, 3.05) is 13.7 Å². The normalized spacial score (nSPS) is 30.3. The van der Waals surface area contributed by atoms with Gasteiger partial charge in [-0.2, -0.15) is 0 Å². The summed E-state index contributed by atoms with van der Waals surface area (Å²) in [7, 11) is 1.57. The second-order valence-corrected chi connectivity index (χ2v) is 7.48. The highest BCUT2D eigenvalue weighted by Crippen LogP contribution is 2.38. The lowest BCUT2D eigenvalue weighted by molar-refractivity contribution is -0.277. The first-order valence-corrected chi connectivity index (χ1v) is 9.86. The zero-order chi connectivity index (χ0) is 22.1. The standard InChI is InChI=1S/C22H24O9/c1-28-12-4-2-11(3-5-12)16-9-15(24)14-7-6-13(8-17(14)30-16)29-22-21(27)20(26)19(25)18(10-23)31-22/h2-8,16,18-23,25-27H,9-10H2,1H3/t16-,18+,19+,20-,21+,22+/m0/s1. The molecule has 31 heavy (non-hydrogen) atoms. The van der Waals surface area contributed by atoms with Gasteiger partial charge >= 0.3 is 0 Å². The van der Waals surface area contributed by atoms with Gasteiger partial charge in [0.25, 0.3) is 0 Å². The first kappa shape index (κ1) is 21.5. The van der Waals surface area contributed by atoms with E-state index >= 15 is 0 Å². The van der Waals surface area contributed by atoms with Crippen LogP contribution in [0.1, 0.15) is 28.4 Å². The molecule has 9 heteroatoms. The van der Waals surface area contributed by atoms with Gasteiger partial charge in [-0.05, 0) is 29.8 Å². The lowest BCUT2D eigenvalue weighted by atomic mass is 9.96. The molecule has 4 rings (SSSR count). The number of carbonyl (C=O) groups excluding carboxylic acids is 1. The molecule has 4 N–H and O–H groups in total. The van der Waals surface area contributed by atoms with E-state index in [1.54, 1.807) is 25.3 Å². The summed E-state index contributed by atoms with van der Waals surface area (Å²) in [5.74, 6) is 1.16. The van der Waals surface area contributed by atoms with E-state index in [4.69, 9.17) is 18.9 Å². The van der Waals surface area contributed by atoms with E-state index in [1.165, 1.54) is 12.1 Å². The minimum atomic E-state index is -1.55. The largest absolute Gasteiger partial charge is 0.497 e. The lowest BCUT2D eigenvalue weighted by Crippen LogP contribution is -2.60. The predicted molar refractivity (Wildman–Crippen MR) is 106 cm³/mol. The second kappa shape index (κ2) is 8.81. The molecule has 1 saturated heterocycles. The molecule has 166 valence electrons. The van der Waals surface area contributed by atoms with Crippen molar-refractivity contribution in [3.63, 3.8) is 0 Å². The van der Waals surface area contributed by atoms with E-state index in [0.717, 1.165) is 5.56 Å². The van der Waals surface area contributed by atoms with Gasteiger partial charge in [-0.25, -0.2) is 0 Å². The summed E-state index contributed by atoms with van der Waals surface area (Å²) in [6.45, 7) is -0.559. The molecule has 0 radical (unpaired) electrons. The maximum absolute atomic E-state index is 12.6. The van der Waals surface area contributed by atoms with Crippen LogP contribution in [0, 0.1) is 0 Å². The Morgan fingerprint density at radius 1 is 1.00 bits per heavy atom. The maximum atomic E-state index is 12.6. The first-order chi connectivity index (χ1) is 14.9. The van der Waals surface area contributed by atoms with Crippen LogP contribution in [0.15, 0.2) is 42.5 Å². The summed E-state index contributed by atoms with van der Waals surface area (Å²) in [6.07, 6.45) is -7.27. The van der Waals surface area contributed by atoms with Crippen molar-refractivity contribution in [1.82, 2.24) is 0 Å². The van der Waals surface area contributed by atoms with Crippen LogP contribution >= 0.6 is 0 Å². The number of hydrogen-bond donors (Lipinski definition) is 4. The van der Waals surface area contributed by atoms with E-state index in [2.05, 4.69) is 0 Å². The quantitative estimate of drug-likeness (QED) is 0.535. The minimum Gasteiger partial charge on any atom is -0.497 e. The van der Waals surface area contributed by atoms with Crippen molar-refractivity contribution >= 4 is 5.78 Å². The number of hydrogen-bond acceptors (Lipinski definition) is 9. The topological polar surface area (TPSA) is 135 Å². The van der Waals surface area contributed by atoms with Gasteiger partial charge in [0.15, 0.2) is 5.78 Å². The van der Waals surface area contributed by atoms with Gasteiger partial charge in [-0.3, -0.25) is 4.79 Å². The summed E-state index contributed by atoms with van der Waals surface area (Å²) in [4.78, 5) is 12.6. The van der Waals surface area contributed by atoms with Gasteiger partial charge in [0.05, 0.1) is 25.7 Å². The van der Waals surface area contributed by atoms with Crippen LogP contribution in [-0.4, -0.2) is 70.6 Å². The molecule has 0 aliphatic carbocycles. The third kappa shape index (κ3) is 4.23. The molecule has 1 fully saturated rings. The Morgan fingerprint density at radius 3 is 2.39 bits per heavy atom. The third-order valence-electron chi connectivity index (χ3n) is 5.48. The number of methoxy groups -OCH3 is 1. The van der Waals surface area contributed by atoms with E-state index in [0.29, 0.717) is 17.1 Å². The molecule has 2 aromatic rings. The van der Waals surface area contributed by atoms with Crippen molar-refractivity contribution in [2.24, 2.45) is 0 Å². The highest BCUT2D eigenvalue weighted by Gasteiger charge is 2.44. The van der Waals surface area contributed by atoms with Crippen LogP contribution in [0.5, 0.6) is 17.2 Å². The molecule has 0 bridgehead atoms. The predicted octanol–water partition coefficient (Wildman–Crippen LogP) is 0.580. The number of aliphatic hydroxyl groups is 4. The molecular formula is C22H24O9. The number of benzene rings is 2. The van der Waals surface area contributed by atoms with Crippen LogP contribution in [0.25, 0.3) is 0 Å². The maximum Gasteiger partial charge on any atom is 0.229 e. The summed E-state index contributed by atoms with van der Waals surface area (Å²) >= 11 is 0. The van der Waals surface area contributed by atoms with Crippen molar-refractivity contribution in [1.29, 1.82) is 0 Å². The molecule has 0 aromatic heterocycles. The van der Waals surface area contributed by atoms with Crippen molar-refractivity contribution in [3.8, 4) is 17.2 Å². The molecule has 2 aliphatic heterocycles. The van der Waals surface area contributed by atoms with Crippen molar-refractivity contribution < 1.29 is 44.2 Å². The molecule has 2 aliphatic rings. The van der Waals surface area contributed by atoms with Gasteiger partial charge in [0, 0.05) is 6.07 Å². The van der Waals surface area contributed by atoms with Gasteiger partial charge in [-0.1, -0.05) is 12.1 Å². The Kier molecular flexibility index (Phi) is 6.12. The first-order valence-electron chi connectivity index (χ1n) is 9.86. The second-order valence-electron chi connectivity index (χ2n) is 7.48. The minimum absolute atomic E-state index is 0.0820. The number of aliphatic hydroxyl groups excluding tert-OH is 4. The SMILES string of the molecule is COc1ccc([C@@H]2CC(=O)c3ccc(O[C@@H]4O[C@H](CO)[C@@H](O)[C@H](O)[C@H]4O)cc3O2)cc1. The number of ketones is 1. The summed E-state index contributed by atoms with van der Waals surface area (Å²) in [5.41, 5.74) is 1.23. The van der Waals surface area contributed by atoms with Crippen LogP contribution in [0.2, 0.25) is 0 Å². The van der Waals surface area contributed by atoms with Crippen LogP contribution in [0.4, 0.5) is 0 Å². The Hall–Kier alpha value is -2.69. The summed E-state index contributed by atoms with van der Waals surface area (Å²) in [6, 6.07) is 11.8. The molecule has 0 amide bonds. The van der Waals surface area contributed by atoms with Gasteiger partial charge in [0.2, 0.25) is 6.29 Å². The Balaban J connectivity index is 1.53. The van der Waals surface area contributed by atoms with Crippen molar-refractivity contribution in [3.05, 3.63) is 53.6 Å². The van der Waals surface area contributed by atoms with Crippen LogP contribution in [-0.2, 0) is 4.74 Å². The molecule has 0 spiro atoms. The fourth-order valence-electron chi connectivity index (χ4n) is 3.68. The number of ether oxygens (including phenoxy) is 4. The zero-order valence-corrected chi connectivity index (χ0v) is 16.7. The third-order valence-corrected chi connectivity index (χ3v) is 5.48. The summed E-state index contributed by atoms with van der Waals surface area (Å²) in [5, 5.41) is 39.3. The number of Topliss-reactive ketones (excluding diaryl/α,β-unsaturated/α-hetero) is 1. The Bertz CT molecular complexity index is 927. The van der Waals surface area contributed by atoms with Gasteiger partial charge in [0.1, 0.15) is 47.8 Å². The van der Waals surface area contributed by atoms with E-state index in [1.807, 2.05) is 12.1 Å². The van der Waals surface area contributed by atoms with Gasteiger partial charge in [-0.15, -0.1) is 0 Å². The van der Waals surface area contributed by atoms with Crippen LogP contribution in [0.3, 0.4) is 0 Å². The Morgan fingerprint density at radius 2 is 1.71 bits per heavy atom. The zero-order valence-electron chi connectivity index (χ0n) is 16.7. The Labute approximate surface area is 178 Å². The van der Waals surface area contributed by atoms with Gasteiger partial charge < -0.3 is 39.4 Å². The van der Waals surface area contributed by atoms with E-state index in [9.17, 15) is 25.2 Å². The molecule has 0 saturated carbocycles. The van der Waals surface area contributed by atoms with Crippen molar-refractivity contribution in [2.45, 2.75) is 43.2 Å². The molecule has 0 unspecified atom stereocenters. The fourth-order valence-corrected chi connectivity index (χ4v) is 3.68. The smallest absolute Gasteiger partial charge is 0.229 e. The molecular weight excluding hydrogens is 408 g/mol. The lowest BCUT2D eigenvalue weighted by Gasteiger charge is -2.39. The van der Waals surface area contributed by atoms with E-state index < -0.39 is 43.4 Å². The summed E-state index contributed by atoms with van der Waals surface area (Å²) < 4.78 is 22.2. The monoisotopic (exact) mass is 432 g/mol. The van der Waals surface area contributed by atoms with Crippen LogP contribution < -0.4 is 14.2 Å². The van der Waals surface area contributed by atoms with E-state index in [-0.39, 0.29) is 18.0 Å². The highest BCUT2D eigenvalue weighted by molar-refractivity contribution is 6.00. The molecule has 2 aromatic carbocycles. The molecule has 9 nitrogen and oxygen atoms in total. The number of rotatable bonds is 5. The number of fused-ring (bicyclic) bond motifs is 1. The average Bonchev–Trinajstić information content (AvgIpc) is 2.79. The molecule has 2 heterocycles. The number of carbonyl (C=O) groups is 1. The highest BCUT2D eigenvalue weighted by atomic mass is 16.7. The average molecular weight is 432 g/mol. The fraction of sp³-hybridized carbons (Fsp3) is 0.409.